The average Bonchev–Trinajstić information content (AvgIpc) is 2.82. The van der Waals surface area contributed by atoms with Crippen LogP contribution in [0.15, 0.2) is 0 Å². The molecule has 2 fully saturated rings. The topological polar surface area (TPSA) is 29.5 Å². The number of carbonyl (C=O) groups excluding carboxylic acids is 1. The van der Waals surface area contributed by atoms with Gasteiger partial charge < -0.3 is 9.64 Å². The first-order valence-electron chi connectivity index (χ1n) is 7.99. The predicted octanol–water partition coefficient (Wildman–Crippen LogP) is 4.50. The zero-order chi connectivity index (χ0) is 13.9. The van der Waals surface area contributed by atoms with Gasteiger partial charge in [-0.15, -0.1) is 0 Å². The fourth-order valence-corrected chi connectivity index (χ4v) is 3.45. The molecule has 110 valence electrons. The van der Waals surface area contributed by atoms with Crippen LogP contribution >= 0.6 is 0 Å². The summed E-state index contributed by atoms with van der Waals surface area (Å²) in [5.74, 6) is 0. The van der Waals surface area contributed by atoms with Crippen molar-refractivity contribution in [2.45, 2.75) is 96.2 Å². The predicted molar refractivity (Wildman–Crippen MR) is 77.2 cm³/mol. The van der Waals surface area contributed by atoms with Crippen LogP contribution in [-0.4, -0.2) is 28.7 Å². The van der Waals surface area contributed by atoms with Crippen LogP contribution in [0.4, 0.5) is 4.79 Å². The molecule has 0 heterocycles. The zero-order valence-corrected chi connectivity index (χ0v) is 12.8. The highest BCUT2D eigenvalue weighted by atomic mass is 16.6. The molecule has 1 amide bonds. The van der Waals surface area contributed by atoms with Crippen molar-refractivity contribution in [3.8, 4) is 0 Å². The lowest BCUT2D eigenvalue weighted by Crippen LogP contribution is -2.49. The minimum absolute atomic E-state index is 0.0775. The summed E-state index contributed by atoms with van der Waals surface area (Å²) in [7, 11) is 0. The molecule has 0 aromatic rings. The molecule has 0 aromatic carbocycles. The summed E-state index contributed by atoms with van der Waals surface area (Å²) in [6.45, 7) is 5.87. The molecule has 0 atom stereocenters. The summed E-state index contributed by atoms with van der Waals surface area (Å²) in [6, 6.07) is 0.852. The molecule has 0 aliphatic heterocycles. The smallest absolute Gasteiger partial charge is 0.410 e. The SMILES string of the molecule is CC(C)(C)OC(=O)N(C1CCCCC1)C1CCCC1. The normalized spacial score (nSPS) is 22.5. The van der Waals surface area contributed by atoms with Gasteiger partial charge in [-0.1, -0.05) is 32.1 Å². The molecule has 3 nitrogen and oxygen atoms in total. The van der Waals surface area contributed by atoms with Crippen molar-refractivity contribution in [3.05, 3.63) is 0 Å². The van der Waals surface area contributed by atoms with Crippen LogP contribution in [-0.2, 0) is 4.74 Å². The summed E-state index contributed by atoms with van der Waals surface area (Å²) in [6.07, 6.45) is 10.9. The molecule has 0 unspecified atom stereocenters. The van der Waals surface area contributed by atoms with Gasteiger partial charge in [0.05, 0.1) is 0 Å². The molecule has 0 bridgehead atoms. The molecule has 19 heavy (non-hydrogen) atoms. The molecule has 0 N–H and O–H groups in total. The lowest BCUT2D eigenvalue weighted by Gasteiger charge is -2.39. The first kappa shape index (κ1) is 14.7. The highest BCUT2D eigenvalue weighted by Crippen LogP contribution is 2.32. The van der Waals surface area contributed by atoms with Crippen LogP contribution in [0, 0.1) is 0 Å². The van der Waals surface area contributed by atoms with E-state index < -0.39 is 0 Å². The maximum atomic E-state index is 12.5. The monoisotopic (exact) mass is 267 g/mol. The van der Waals surface area contributed by atoms with Gasteiger partial charge in [-0.3, -0.25) is 0 Å². The number of hydrogen-bond acceptors (Lipinski definition) is 2. The molecule has 2 aliphatic carbocycles. The van der Waals surface area contributed by atoms with Crippen LogP contribution in [0.3, 0.4) is 0 Å². The van der Waals surface area contributed by atoms with E-state index in [4.69, 9.17) is 4.74 Å². The maximum Gasteiger partial charge on any atom is 0.410 e. The molecule has 0 saturated heterocycles. The van der Waals surface area contributed by atoms with Crippen LogP contribution in [0.25, 0.3) is 0 Å². The number of hydrogen-bond donors (Lipinski definition) is 0. The molecular weight excluding hydrogens is 238 g/mol. The average molecular weight is 267 g/mol. The van der Waals surface area contributed by atoms with Crippen molar-refractivity contribution in [1.82, 2.24) is 4.90 Å². The molecule has 2 aliphatic rings. The summed E-state index contributed by atoms with van der Waals surface area (Å²) >= 11 is 0. The van der Waals surface area contributed by atoms with Gasteiger partial charge in [0.2, 0.25) is 0 Å². The third-order valence-corrected chi connectivity index (χ3v) is 4.29. The van der Waals surface area contributed by atoms with Gasteiger partial charge in [0.1, 0.15) is 5.60 Å². The van der Waals surface area contributed by atoms with E-state index in [1.165, 1.54) is 32.1 Å². The Morgan fingerprint density at radius 1 is 0.895 bits per heavy atom. The second-order valence-electron chi connectivity index (χ2n) is 7.12. The Bertz CT molecular complexity index is 296. The second kappa shape index (κ2) is 6.15. The van der Waals surface area contributed by atoms with Crippen LogP contribution in [0.1, 0.15) is 78.6 Å². The van der Waals surface area contributed by atoms with E-state index in [1.54, 1.807) is 0 Å². The minimum atomic E-state index is -0.386. The van der Waals surface area contributed by atoms with Gasteiger partial charge in [0.25, 0.3) is 0 Å². The Kier molecular flexibility index (Phi) is 4.75. The van der Waals surface area contributed by atoms with Gasteiger partial charge in [0, 0.05) is 12.1 Å². The molecule has 0 spiro atoms. The van der Waals surface area contributed by atoms with Crippen LogP contribution in [0.2, 0.25) is 0 Å². The fraction of sp³-hybridized carbons (Fsp3) is 0.938. The van der Waals surface area contributed by atoms with E-state index in [0.29, 0.717) is 12.1 Å². The molecule has 3 heteroatoms. The van der Waals surface area contributed by atoms with E-state index in [9.17, 15) is 4.79 Å². The Morgan fingerprint density at radius 2 is 1.32 bits per heavy atom. The number of amides is 1. The summed E-state index contributed by atoms with van der Waals surface area (Å²) in [5, 5.41) is 0. The third kappa shape index (κ3) is 4.12. The van der Waals surface area contributed by atoms with E-state index in [1.807, 2.05) is 20.8 Å². The molecular formula is C16H29NO2. The van der Waals surface area contributed by atoms with Crippen molar-refractivity contribution in [2.75, 3.05) is 0 Å². The van der Waals surface area contributed by atoms with Gasteiger partial charge in [-0.2, -0.15) is 0 Å². The Labute approximate surface area is 117 Å². The minimum Gasteiger partial charge on any atom is -0.444 e. The molecule has 2 rings (SSSR count). The quantitative estimate of drug-likeness (QED) is 0.737. The highest BCUT2D eigenvalue weighted by molar-refractivity contribution is 5.69. The maximum absolute atomic E-state index is 12.5. The molecule has 0 aromatic heterocycles. The van der Waals surface area contributed by atoms with Crippen molar-refractivity contribution >= 4 is 6.09 Å². The zero-order valence-electron chi connectivity index (χ0n) is 12.8. The van der Waals surface area contributed by atoms with Crippen LogP contribution < -0.4 is 0 Å². The summed E-state index contributed by atoms with van der Waals surface area (Å²) < 4.78 is 5.65. The Balaban J connectivity index is 2.06. The fourth-order valence-electron chi connectivity index (χ4n) is 3.45. The highest BCUT2D eigenvalue weighted by Gasteiger charge is 2.35. The largest absolute Gasteiger partial charge is 0.444 e. The number of carbonyl (C=O) groups is 1. The number of nitrogens with zero attached hydrogens (tertiary/aromatic N) is 1. The molecule has 2 saturated carbocycles. The van der Waals surface area contributed by atoms with Gasteiger partial charge in [-0.05, 0) is 46.5 Å². The lowest BCUT2D eigenvalue weighted by atomic mass is 9.93. The van der Waals surface area contributed by atoms with Gasteiger partial charge in [-0.25, -0.2) is 4.79 Å². The van der Waals surface area contributed by atoms with Gasteiger partial charge in [0.15, 0.2) is 0 Å². The van der Waals surface area contributed by atoms with E-state index in [0.717, 1.165) is 25.7 Å². The van der Waals surface area contributed by atoms with Crippen molar-refractivity contribution in [1.29, 1.82) is 0 Å². The summed E-state index contributed by atoms with van der Waals surface area (Å²) in [5.41, 5.74) is -0.386. The van der Waals surface area contributed by atoms with Crippen LogP contribution in [0.5, 0.6) is 0 Å². The van der Waals surface area contributed by atoms with Crippen molar-refractivity contribution in [2.24, 2.45) is 0 Å². The van der Waals surface area contributed by atoms with E-state index in [-0.39, 0.29) is 11.7 Å². The molecule has 0 radical (unpaired) electrons. The Morgan fingerprint density at radius 3 is 1.74 bits per heavy atom. The third-order valence-electron chi connectivity index (χ3n) is 4.29. The number of ether oxygens (including phenoxy) is 1. The first-order chi connectivity index (χ1) is 8.97. The van der Waals surface area contributed by atoms with Crippen molar-refractivity contribution < 1.29 is 9.53 Å². The number of rotatable bonds is 2. The van der Waals surface area contributed by atoms with Crippen molar-refractivity contribution in [3.63, 3.8) is 0 Å². The Hall–Kier alpha value is -0.730. The van der Waals surface area contributed by atoms with E-state index >= 15 is 0 Å². The lowest BCUT2D eigenvalue weighted by molar-refractivity contribution is 0.000730. The van der Waals surface area contributed by atoms with E-state index in [2.05, 4.69) is 4.90 Å². The second-order valence-corrected chi connectivity index (χ2v) is 7.12. The first-order valence-corrected chi connectivity index (χ1v) is 7.99. The van der Waals surface area contributed by atoms with Gasteiger partial charge >= 0.3 is 6.09 Å². The summed E-state index contributed by atoms with van der Waals surface area (Å²) in [4.78, 5) is 14.7. The standard InChI is InChI=1S/C16H29NO2/c1-16(2,3)19-15(18)17(14-11-7-8-12-14)13-9-5-4-6-10-13/h13-14H,4-12H2,1-3H3.